The Morgan fingerprint density at radius 2 is 1.76 bits per heavy atom. The molecule has 17 heavy (non-hydrogen) atoms. The number of hydrogen-bond donors (Lipinski definition) is 1. The molecule has 1 heteroatoms. The summed E-state index contributed by atoms with van der Waals surface area (Å²) in [5.41, 5.74) is 4.51. The average Bonchev–Trinajstić information content (AvgIpc) is 2.74. The highest BCUT2D eigenvalue weighted by molar-refractivity contribution is 5.99. The van der Waals surface area contributed by atoms with E-state index >= 15 is 0 Å². The Morgan fingerprint density at radius 1 is 1.06 bits per heavy atom. The van der Waals surface area contributed by atoms with E-state index in [4.69, 9.17) is 0 Å². The van der Waals surface area contributed by atoms with E-state index in [0.717, 1.165) is 13.0 Å². The highest BCUT2D eigenvalue weighted by atomic mass is 14.9. The van der Waals surface area contributed by atoms with E-state index in [2.05, 4.69) is 56.4 Å². The molecule has 0 spiro atoms. The third-order valence-electron chi connectivity index (χ3n) is 3.63. The fraction of sp³-hybridized carbons (Fsp3) is 0.375. The number of nitrogens with one attached hydrogen (secondary N) is 1. The summed E-state index contributed by atoms with van der Waals surface area (Å²) in [4.78, 5) is 0. The van der Waals surface area contributed by atoms with E-state index < -0.39 is 0 Å². The molecule has 0 radical (unpaired) electrons. The van der Waals surface area contributed by atoms with E-state index in [1.807, 2.05) is 0 Å². The molecule has 0 bridgehead atoms. The van der Waals surface area contributed by atoms with Crippen molar-refractivity contribution in [2.45, 2.75) is 32.6 Å². The molecule has 0 aromatic heterocycles. The van der Waals surface area contributed by atoms with Crippen LogP contribution in [0, 0.1) is 0 Å². The summed E-state index contributed by atoms with van der Waals surface area (Å²) in [6.07, 6.45) is 1.16. The van der Waals surface area contributed by atoms with Crippen molar-refractivity contribution in [3.8, 4) is 0 Å². The van der Waals surface area contributed by atoms with Crippen LogP contribution in [0.4, 0.5) is 5.69 Å². The second kappa shape index (κ2) is 3.49. The molecule has 0 aliphatic carbocycles. The molecule has 2 aromatic carbocycles. The van der Waals surface area contributed by atoms with Crippen LogP contribution in [0.3, 0.4) is 0 Å². The summed E-state index contributed by atoms with van der Waals surface area (Å²) in [5, 5.41) is 6.30. The lowest BCUT2D eigenvalue weighted by Crippen LogP contribution is -2.12. The molecule has 88 valence electrons. The summed E-state index contributed by atoms with van der Waals surface area (Å²) >= 11 is 0. The first kappa shape index (κ1) is 10.6. The SMILES string of the molecule is CC(C)(C)c1cc2c(c3ccccc13)NCC2. The van der Waals surface area contributed by atoms with Crippen molar-refractivity contribution < 1.29 is 0 Å². The van der Waals surface area contributed by atoms with Gasteiger partial charge in [0.15, 0.2) is 0 Å². The van der Waals surface area contributed by atoms with Gasteiger partial charge in [-0.1, -0.05) is 51.1 Å². The zero-order valence-corrected chi connectivity index (χ0v) is 10.8. The standard InChI is InChI=1S/C16H19N/c1-16(2,3)14-10-11-8-9-17-15(11)13-7-5-4-6-12(13)14/h4-7,10,17H,8-9H2,1-3H3. The van der Waals surface area contributed by atoms with Gasteiger partial charge in [0, 0.05) is 17.6 Å². The lowest BCUT2D eigenvalue weighted by Gasteiger charge is -2.23. The zero-order chi connectivity index (χ0) is 12.0. The molecule has 0 fully saturated rings. The molecule has 0 saturated carbocycles. The van der Waals surface area contributed by atoms with Crippen LogP contribution in [-0.2, 0) is 11.8 Å². The predicted molar refractivity (Wildman–Crippen MR) is 74.8 cm³/mol. The molecule has 0 saturated heterocycles. The first-order chi connectivity index (χ1) is 8.07. The first-order valence-electron chi connectivity index (χ1n) is 6.36. The second-order valence-corrected chi connectivity index (χ2v) is 5.93. The molecule has 1 heterocycles. The molecule has 0 unspecified atom stereocenters. The van der Waals surface area contributed by atoms with Crippen molar-refractivity contribution >= 4 is 16.5 Å². The molecule has 1 nitrogen and oxygen atoms in total. The Morgan fingerprint density at radius 3 is 2.47 bits per heavy atom. The molecule has 0 amide bonds. The predicted octanol–water partition coefficient (Wildman–Crippen LogP) is 4.11. The quantitative estimate of drug-likeness (QED) is 0.711. The minimum atomic E-state index is 0.206. The number of benzene rings is 2. The molecule has 1 N–H and O–H groups in total. The van der Waals surface area contributed by atoms with E-state index in [-0.39, 0.29) is 5.41 Å². The third-order valence-corrected chi connectivity index (χ3v) is 3.63. The topological polar surface area (TPSA) is 12.0 Å². The second-order valence-electron chi connectivity index (χ2n) is 5.93. The van der Waals surface area contributed by atoms with Crippen molar-refractivity contribution in [1.29, 1.82) is 0 Å². The van der Waals surface area contributed by atoms with Gasteiger partial charge in [0.2, 0.25) is 0 Å². The van der Waals surface area contributed by atoms with Crippen LogP contribution in [0.2, 0.25) is 0 Å². The normalized spacial score (nSPS) is 14.8. The van der Waals surface area contributed by atoms with E-state index in [9.17, 15) is 0 Å². The van der Waals surface area contributed by atoms with Gasteiger partial charge >= 0.3 is 0 Å². The molecular formula is C16H19N. The Hall–Kier alpha value is -1.50. The van der Waals surface area contributed by atoms with Gasteiger partial charge in [-0.05, 0) is 28.3 Å². The van der Waals surface area contributed by atoms with E-state index in [1.54, 1.807) is 0 Å². The van der Waals surface area contributed by atoms with Crippen LogP contribution in [0.25, 0.3) is 10.8 Å². The van der Waals surface area contributed by atoms with Crippen LogP contribution >= 0.6 is 0 Å². The van der Waals surface area contributed by atoms with Crippen molar-refractivity contribution in [1.82, 2.24) is 0 Å². The summed E-state index contributed by atoms with van der Waals surface area (Å²) in [6.45, 7) is 7.96. The summed E-state index contributed by atoms with van der Waals surface area (Å²) in [7, 11) is 0. The molecule has 0 atom stereocenters. The summed E-state index contributed by atoms with van der Waals surface area (Å²) < 4.78 is 0. The fourth-order valence-electron chi connectivity index (χ4n) is 2.78. The van der Waals surface area contributed by atoms with Gasteiger partial charge in [-0.2, -0.15) is 0 Å². The van der Waals surface area contributed by atoms with Crippen molar-refractivity contribution in [2.24, 2.45) is 0 Å². The number of hydrogen-bond acceptors (Lipinski definition) is 1. The van der Waals surface area contributed by atoms with Gasteiger partial charge in [0.1, 0.15) is 0 Å². The van der Waals surface area contributed by atoms with Crippen LogP contribution in [-0.4, -0.2) is 6.54 Å². The van der Waals surface area contributed by atoms with Crippen molar-refractivity contribution in [3.63, 3.8) is 0 Å². The Kier molecular flexibility index (Phi) is 2.19. The van der Waals surface area contributed by atoms with Gasteiger partial charge in [-0.3, -0.25) is 0 Å². The van der Waals surface area contributed by atoms with Crippen LogP contribution in [0.15, 0.2) is 30.3 Å². The number of fused-ring (bicyclic) bond motifs is 3. The summed E-state index contributed by atoms with van der Waals surface area (Å²) in [6, 6.07) is 11.2. The van der Waals surface area contributed by atoms with E-state index in [1.165, 1.54) is 27.6 Å². The van der Waals surface area contributed by atoms with Crippen LogP contribution < -0.4 is 5.32 Å². The van der Waals surface area contributed by atoms with E-state index in [0.29, 0.717) is 0 Å². The number of anilines is 1. The molecule has 2 aromatic rings. The van der Waals surface area contributed by atoms with Crippen molar-refractivity contribution in [2.75, 3.05) is 11.9 Å². The van der Waals surface area contributed by atoms with Gasteiger partial charge in [0.25, 0.3) is 0 Å². The molecule has 1 aliphatic rings. The largest absolute Gasteiger partial charge is 0.384 e. The minimum absolute atomic E-state index is 0.206. The molecule has 1 aliphatic heterocycles. The van der Waals surface area contributed by atoms with Crippen molar-refractivity contribution in [3.05, 3.63) is 41.5 Å². The lowest BCUT2D eigenvalue weighted by atomic mass is 9.82. The van der Waals surface area contributed by atoms with Gasteiger partial charge in [0.05, 0.1) is 0 Å². The molecule has 3 rings (SSSR count). The fourth-order valence-corrected chi connectivity index (χ4v) is 2.78. The van der Waals surface area contributed by atoms with Crippen LogP contribution in [0.5, 0.6) is 0 Å². The summed E-state index contributed by atoms with van der Waals surface area (Å²) in [5.74, 6) is 0. The lowest BCUT2D eigenvalue weighted by molar-refractivity contribution is 0.595. The first-order valence-corrected chi connectivity index (χ1v) is 6.36. The maximum atomic E-state index is 3.52. The molecular weight excluding hydrogens is 206 g/mol. The third kappa shape index (κ3) is 1.61. The highest BCUT2D eigenvalue weighted by Crippen LogP contribution is 2.38. The monoisotopic (exact) mass is 225 g/mol. The zero-order valence-electron chi connectivity index (χ0n) is 10.8. The van der Waals surface area contributed by atoms with Gasteiger partial charge < -0.3 is 5.32 Å². The van der Waals surface area contributed by atoms with Gasteiger partial charge in [-0.25, -0.2) is 0 Å². The smallest absolute Gasteiger partial charge is 0.0453 e. The van der Waals surface area contributed by atoms with Crippen LogP contribution in [0.1, 0.15) is 31.9 Å². The Bertz CT molecular complexity index is 576. The number of rotatable bonds is 0. The maximum Gasteiger partial charge on any atom is 0.0453 e. The Balaban J connectivity index is 2.41. The Labute approximate surface area is 103 Å². The van der Waals surface area contributed by atoms with Gasteiger partial charge in [-0.15, -0.1) is 0 Å². The average molecular weight is 225 g/mol. The highest BCUT2D eigenvalue weighted by Gasteiger charge is 2.22. The maximum absolute atomic E-state index is 3.52. The minimum Gasteiger partial charge on any atom is -0.384 e.